The lowest BCUT2D eigenvalue weighted by Crippen LogP contribution is -2.39. The molecule has 0 radical (unpaired) electrons. The van der Waals surface area contributed by atoms with Crippen LogP contribution >= 0.6 is 30.5 Å². The van der Waals surface area contributed by atoms with E-state index in [9.17, 15) is 5.11 Å². The zero-order valence-electron chi connectivity index (χ0n) is 16.1. The highest BCUT2D eigenvalue weighted by Gasteiger charge is 2.52. The molecule has 0 aliphatic heterocycles. The molecule has 5 rings (SSSR count). The van der Waals surface area contributed by atoms with Crippen molar-refractivity contribution in [2.24, 2.45) is 0 Å². The monoisotopic (exact) mass is 464 g/mol. The van der Waals surface area contributed by atoms with Crippen molar-refractivity contribution in [3.8, 4) is 5.75 Å². The Balaban J connectivity index is 2.06. The second kappa shape index (κ2) is 7.97. The van der Waals surface area contributed by atoms with E-state index in [1.807, 2.05) is 54.6 Å². The maximum absolute atomic E-state index is 12.7. The third-order valence-electron chi connectivity index (χ3n) is 5.29. The van der Waals surface area contributed by atoms with E-state index >= 15 is 0 Å². The third kappa shape index (κ3) is 3.02. The van der Waals surface area contributed by atoms with Gasteiger partial charge in [-0.05, 0) is 41.6 Å². The minimum Gasteiger partial charge on any atom is -0.870 e. The molecule has 31 heavy (non-hydrogen) atoms. The molecule has 1 heterocycles. The fourth-order valence-electron chi connectivity index (χ4n) is 4.00. The minimum atomic E-state index is -2.62. The van der Waals surface area contributed by atoms with Gasteiger partial charge in [-0.15, -0.1) is 0 Å². The first-order chi connectivity index (χ1) is 15.2. The number of halogens is 2. The Morgan fingerprint density at radius 2 is 1.03 bits per heavy atom. The van der Waals surface area contributed by atoms with Gasteiger partial charge in [0.1, 0.15) is 33.7 Å². The van der Waals surface area contributed by atoms with Crippen LogP contribution in [0.2, 0.25) is 10.0 Å². The van der Waals surface area contributed by atoms with Crippen molar-refractivity contribution in [1.82, 2.24) is 10.3 Å². The quantitative estimate of drug-likeness (QED) is 0.373. The molecule has 0 atom stereocenters. The van der Waals surface area contributed by atoms with Gasteiger partial charge in [-0.1, -0.05) is 88.7 Å². The van der Waals surface area contributed by atoms with Gasteiger partial charge in [0.2, 0.25) is 0 Å². The molecule has 0 N–H and O–H groups in total. The first-order valence-electron chi connectivity index (χ1n) is 9.52. The molecule has 0 aliphatic rings. The van der Waals surface area contributed by atoms with Crippen LogP contribution in [0, 0.1) is 0 Å². The summed E-state index contributed by atoms with van der Waals surface area (Å²) in [4.78, 5) is 0. The maximum Gasteiger partial charge on any atom is 0.179 e. The summed E-state index contributed by atoms with van der Waals surface area (Å²) in [6, 6.07) is 30.3. The summed E-state index contributed by atoms with van der Waals surface area (Å²) in [6.45, 7) is 0. The van der Waals surface area contributed by atoms with Crippen molar-refractivity contribution in [1.29, 1.82) is 0 Å². The van der Waals surface area contributed by atoms with Crippen LogP contribution in [-0.2, 0) is 0 Å². The summed E-state index contributed by atoms with van der Waals surface area (Å²) < 4.78 is 5.00. The van der Waals surface area contributed by atoms with Crippen LogP contribution in [0.25, 0.3) is 11.0 Å². The van der Waals surface area contributed by atoms with Gasteiger partial charge in [-0.3, -0.25) is 0 Å². The largest absolute Gasteiger partial charge is 0.870 e. The Morgan fingerprint density at radius 3 is 1.48 bits per heavy atom. The molecule has 0 spiro atoms. The zero-order chi connectivity index (χ0) is 21.4. The average Bonchev–Trinajstić information content (AvgIpc) is 3.32. The van der Waals surface area contributed by atoms with Crippen molar-refractivity contribution < 1.29 is 9.74 Å². The van der Waals surface area contributed by atoms with E-state index in [0.29, 0.717) is 10.8 Å². The normalized spacial score (nSPS) is 11.7. The predicted molar refractivity (Wildman–Crippen MR) is 126 cm³/mol. The number of hydrogen-bond donors (Lipinski definition) is 0. The van der Waals surface area contributed by atoms with Crippen LogP contribution in [0.3, 0.4) is 0 Å². The van der Waals surface area contributed by atoms with E-state index in [-0.39, 0.29) is 15.6 Å². The Labute approximate surface area is 189 Å². The van der Waals surface area contributed by atoms with Crippen LogP contribution < -0.4 is 26.3 Å². The number of benzene rings is 4. The number of fused-ring (bicyclic) bond motifs is 1. The number of rotatable bonds is 4. The Morgan fingerprint density at radius 1 is 0.613 bits per heavy atom. The van der Waals surface area contributed by atoms with Crippen LogP contribution in [-0.4, -0.2) is 10.3 Å². The van der Waals surface area contributed by atoms with Crippen molar-refractivity contribution in [2.75, 3.05) is 0 Å². The number of hydrogen-bond acceptors (Lipinski definition) is 4. The van der Waals surface area contributed by atoms with Gasteiger partial charge in [0.15, 0.2) is 10.8 Å². The summed E-state index contributed by atoms with van der Waals surface area (Å²) >= 11 is 13.3. The first kappa shape index (κ1) is 20.0. The molecule has 7 heteroatoms. The summed E-state index contributed by atoms with van der Waals surface area (Å²) in [5, 5.41) is 24.6. The molecule has 0 saturated carbocycles. The Bertz CT molecular complexity index is 1260. The lowest BCUT2D eigenvalue weighted by Gasteiger charge is -2.29. The molecule has 5 aromatic rings. The average molecular weight is 465 g/mol. The maximum atomic E-state index is 12.7. The van der Waals surface area contributed by atoms with E-state index in [2.05, 4.69) is 46.7 Å². The predicted octanol–water partition coefficient (Wildman–Crippen LogP) is 4.22. The molecular weight excluding hydrogens is 450 g/mol. The summed E-state index contributed by atoms with van der Waals surface area (Å²) in [6.07, 6.45) is 0. The molecule has 1 aromatic heterocycles. The molecule has 4 nitrogen and oxygen atoms in total. The summed E-state index contributed by atoms with van der Waals surface area (Å²) in [7, 11) is -2.62. The fourth-order valence-corrected chi connectivity index (χ4v) is 9.20. The second-order valence-electron chi connectivity index (χ2n) is 6.94. The van der Waals surface area contributed by atoms with E-state index in [1.54, 1.807) is 0 Å². The number of aromatic nitrogens is 2. The van der Waals surface area contributed by atoms with Crippen molar-refractivity contribution in [3.63, 3.8) is 0 Å². The van der Waals surface area contributed by atoms with Crippen LogP contribution in [0.15, 0.2) is 95.6 Å². The van der Waals surface area contributed by atoms with E-state index in [4.69, 9.17) is 27.8 Å². The van der Waals surface area contributed by atoms with Crippen molar-refractivity contribution >= 4 is 62.7 Å². The van der Waals surface area contributed by atoms with Gasteiger partial charge < -0.3 is 5.11 Å². The fraction of sp³-hybridized carbons (Fsp3) is 0. The minimum absolute atomic E-state index is 0.0768. The highest BCUT2D eigenvalue weighted by atomic mass is 35.5. The summed E-state index contributed by atoms with van der Waals surface area (Å²) in [5.74, 6) is -0.487. The van der Waals surface area contributed by atoms with Crippen LogP contribution in [0.1, 0.15) is 0 Å². The second-order valence-corrected chi connectivity index (χ2v) is 11.0. The topological polar surface area (TPSA) is 62.0 Å². The highest BCUT2D eigenvalue weighted by molar-refractivity contribution is 8.02. The highest BCUT2D eigenvalue weighted by Crippen LogP contribution is 2.58. The molecule has 0 amide bonds. The van der Waals surface area contributed by atoms with Crippen LogP contribution in [0.4, 0.5) is 0 Å². The molecular formula is C24H15Cl2N2O2P. The smallest absolute Gasteiger partial charge is 0.179 e. The molecule has 152 valence electrons. The van der Waals surface area contributed by atoms with Crippen LogP contribution in [0.5, 0.6) is 5.75 Å². The van der Waals surface area contributed by atoms with Gasteiger partial charge in [-0.25, -0.2) is 4.63 Å². The molecule has 0 fully saturated rings. The molecule has 0 unspecified atom stereocenters. The molecule has 4 aromatic carbocycles. The van der Waals surface area contributed by atoms with Gasteiger partial charge in [0, 0.05) is 0 Å². The molecule has 0 aliphatic carbocycles. The Kier molecular flexibility index (Phi) is 5.15. The third-order valence-corrected chi connectivity index (χ3v) is 10.6. The lowest BCUT2D eigenvalue weighted by atomic mass is 10.3. The molecule has 0 bridgehead atoms. The van der Waals surface area contributed by atoms with Crippen molar-refractivity contribution in [3.05, 3.63) is 101 Å². The standard InChI is InChI=1S/C24H15Cl2N2O2P/c25-19-20(26)24(22-21(23(19)29)27-30-28-22)31(16-10-4-1-5-11-16,17-12-6-2-7-13-17)18-14-8-3-9-15-18/h1-15H. The first-order valence-corrected chi connectivity index (χ1v) is 12.1. The van der Waals surface area contributed by atoms with Gasteiger partial charge in [0.05, 0.1) is 5.02 Å². The number of nitrogens with zero attached hydrogens (tertiary/aromatic N) is 2. The van der Waals surface area contributed by atoms with Gasteiger partial charge in [-0.2, -0.15) is 0 Å². The summed E-state index contributed by atoms with van der Waals surface area (Å²) in [5.41, 5.74) is 0.417. The lowest BCUT2D eigenvalue weighted by molar-refractivity contribution is -0.265. The van der Waals surface area contributed by atoms with E-state index in [1.165, 1.54) is 0 Å². The Hall–Kier alpha value is -2.91. The van der Waals surface area contributed by atoms with Gasteiger partial charge >= 0.3 is 0 Å². The van der Waals surface area contributed by atoms with E-state index < -0.39 is 13.0 Å². The van der Waals surface area contributed by atoms with Crippen molar-refractivity contribution in [2.45, 2.75) is 0 Å². The van der Waals surface area contributed by atoms with E-state index in [0.717, 1.165) is 15.9 Å². The zero-order valence-corrected chi connectivity index (χ0v) is 18.5. The van der Waals surface area contributed by atoms with Gasteiger partial charge in [0.25, 0.3) is 0 Å². The SMILES string of the molecule is [O-]c1c(Cl)c(Cl)c([P+](c2ccccc2)(c2ccccc2)c2ccccc2)c2nonc12. The molecule has 0 saturated heterocycles.